The Hall–Kier alpha value is -5.72. The van der Waals surface area contributed by atoms with E-state index in [-0.39, 0.29) is 10.8 Å². The van der Waals surface area contributed by atoms with Crippen molar-refractivity contribution in [1.29, 1.82) is 0 Å². The molecule has 0 spiro atoms. The van der Waals surface area contributed by atoms with Crippen LogP contribution in [-0.2, 0) is 10.8 Å². The number of benzene rings is 8. The van der Waals surface area contributed by atoms with Gasteiger partial charge in [-0.05, 0) is 131 Å². The Kier molecular flexibility index (Phi) is 6.50. The van der Waals surface area contributed by atoms with Gasteiger partial charge < -0.3 is 0 Å². The van der Waals surface area contributed by atoms with E-state index in [1.54, 1.807) is 0 Å². The molecule has 2 aliphatic carbocycles. The van der Waals surface area contributed by atoms with Gasteiger partial charge in [-0.1, -0.05) is 166 Å². The van der Waals surface area contributed by atoms with Crippen LogP contribution in [0.3, 0.4) is 0 Å². The summed E-state index contributed by atoms with van der Waals surface area (Å²) in [5, 5.41) is 5.16. The van der Waals surface area contributed by atoms with E-state index in [0.29, 0.717) is 0 Å². The van der Waals surface area contributed by atoms with E-state index in [1.165, 1.54) is 111 Å². The Morgan fingerprint density at radius 1 is 0.308 bits per heavy atom. The fraction of sp³-hybridized carbons (Fsp3) is 0.154. The van der Waals surface area contributed by atoms with Crippen LogP contribution in [0.1, 0.15) is 61.1 Å². The molecular formula is C52H42. The second-order valence-corrected chi connectivity index (χ2v) is 16.3. The smallest absolute Gasteiger partial charge is 0.0159 e. The third-order valence-electron chi connectivity index (χ3n) is 12.3. The lowest BCUT2D eigenvalue weighted by molar-refractivity contribution is 0.660. The lowest BCUT2D eigenvalue weighted by atomic mass is 9.80. The lowest BCUT2D eigenvalue weighted by Gasteiger charge is -2.23. The quantitative estimate of drug-likeness (QED) is 0.165. The van der Waals surface area contributed by atoms with E-state index in [4.69, 9.17) is 0 Å². The van der Waals surface area contributed by atoms with Gasteiger partial charge >= 0.3 is 0 Å². The highest BCUT2D eigenvalue weighted by Gasteiger charge is 2.36. The van der Waals surface area contributed by atoms with E-state index in [2.05, 4.69) is 187 Å². The Morgan fingerprint density at radius 2 is 0.788 bits per heavy atom. The van der Waals surface area contributed by atoms with Gasteiger partial charge in [0.15, 0.2) is 0 Å². The van der Waals surface area contributed by atoms with Crippen molar-refractivity contribution in [3.8, 4) is 55.6 Å². The van der Waals surface area contributed by atoms with E-state index in [0.717, 1.165) is 0 Å². The van der Waals surface area contributed by atoms with Crippen LogP contribution in [0.4, 0.5) is 0 Å². The topological polar surface area (TPSA) is 0 Å². The molecule has 0 atom stereocenters. The molecule has 0 N–H and O–H groups in total. The molecule has 0 heteroatoms. The summed E-state index contributed by atoms with van der Waals surface area (Å²) in [4.78, 5) is 0. The van der Waals surface area contributed by atoms with Crippen LogP contribution in [-0.4, -0.2) is 0 Å². The summed E-state index contributed by atoms with van der Waals surface area (Å²) in [5.41, 5.74) is 21.2. The summed E-state index contributed by atoms with van der Waals surface area (Å²) in [6.07, 6.45) is 0. The van der Waals surface area contributed by atoms with Crippen LogP contribution in [0.2, 0.25) is 0 Å². The molecule has 0 radical (unpaired) electrons. The molecule has 0 aromatic heterocycles. The van der Waals surface area contributed by atoms with Crippen molar-refractivity contribution < 1.29 is 0 Å². The molecule has 2 aliphatic rings. The van der Waals surface area contributed by atoms with Crippen molar-refractivity contribution in [3.05, 3.63) is 179 Å². The summed E-state index contributed by atoms with van der Waals surface area (Å²) >= 11 is 0. The minimum atomic E-state index is -0.0508. The minimum absolute atomic E-state index is 0.0321. The lowest BCUT2D eigenvalue weighted by Crippen LogP contribution is -2.14. The Labute approximate surface area is 307 Å². The standard InChI is InChI=1S/C52H42/c1-31-25-32(2)27-36(26-31)50-41-16-8-7-15-40(41)49(35-21-24-47-43(29-35)38-14-10-12-18-46(38)51(47,3)4)44-28-33(20-23-42(44)50)34-19-22-39-37-13-9-11-17-45(37)52(5,6)48(39)30-34/h7-30H,1-6H3. The molecule has 8 aromatic carbocycles. The molecule has 8 aromatic rings. The van der Waals surface area contributed by atoms with E-state index in [1.807, 2.05) is 0 Å². The van der Waals surface area contributed by atoms with Gasteiger partial charge in [-0.2, -0.15) is 0 Å². The normalized spacial score (nSPS) is 14.7. The van der Waals surface area contributed by atoms with Crippen LogP contribution in [0.5, 0.6) is 0 Å². The highest BCUT2D eigenvalue weighted by Crippen LogP contribution is 2.53. The van der Waals surface area contributed by atoms with Gasteiger partial charge in [0.2, 0.25) is 0 Å². The second-order valence-electron chi connectivity index (χ2n) is 16.3. The highest BCUT2D eigenvalue weighted by atomic mass is 14.4. The first-order valence-electron chi connectivity index (χ1n) is 18.7. The molecular weight excluding hydrogens is 625 g/mol. The molecule has 10 rings (SSSR count). The summed E-state index contributed by atoms with van der Waals surface area (Å²) in [7, 11) is 0. The number of hydrogen-bond acceptors (Lipinski definition) is 0. The van der Waals surface area contributed by atoms with Crippen LogP contribution < -0.4 is 0 Å². The van der Waals surface area contributed by atoms with Gasteiger partial charge in [0.05, 0.1) is 0 Å². The SMILES string of the molecule is Cc1cc(C)cc(-c2c3ccccc3c(-c3ccc4c(c3)-c3ccccc3C4(C)C)c3cc(-c4ccc5c(c4)C(C)(C)c4ccccc4-5)ccc23)c1. The molecule has 0 aliphatic heterocycles. The molecule has 250 valence electrons. The van der Waals surface area contributed by atoms with Crippen LogP contribution in [0.25, 0.3) is 77.2 Å². The molecule has 0 unspecified atom stereocenters. The molecule has 0 bridgehead atoms. The number of rotatable bonds is 3. The number of aryl methyl sites for hydroxylation is 2. The predicted molar refractivity (Wildman–Crippen MR) is 222 cm³/mol. The average Bonchev–Trinajstić information content (AvgIpc) is 3.52. The van der Waals surface area contributed by atoms with Gasteiger partial charge in [-0.25, -0.2) is 0 Å². The second kappa shape index (κ2) is 10.9. The maximum atomic E-state index is 2.48. The number of hydrogen-bond donors (Lipinski definition) is 0. The van der Waals surface area contributed by atoms with Gasteiger partial charge in [0, 0.05) is 10.8 Å². The first-order chi connectivity index (χ1) is 25.1. The van der Waals surface area contributed by atoms with Gasteiger partial charge in [-0.15, -0.1) is 0 Å². The largest absolute Gasteiger partial charge is 0.0619 e. The predicted octanol–water partition coefficient (Wildman–Crippen LogP) is 14.2. The van der Waals surface area contributed by atoms with Crippen molar-refractivity contribution in [1.82, 2.24) is 0 Å². The van der Waals surface area contributed by atoms with Gasteiger partial charge in [-0.3, -0.25) is 0 Å². The van der Waals surface area contributed by atoms with Crippen molar-refractivity contribution in [2.75, 3.05) is 0 Å². The zero-order valence-electron chi connectivity index (χ0n) is 30.9. The van der Waals surface area contributed by atoms with Crippen LogP contribution in [0.15, 0.2) is 146 Å². The molecule has 52 heavy (non-hydrogen) atoms. The third kappa shape index (κ3) is 4.34. The van der Waals surface area contributed by atoms with E-state index < -0.39 is 0 Å². The Balaban J connectivity index is 1.27. The van der Waals surface area contributed by atoms with Crippen molar-refractivity contribution >= 4 is 21.5 Å². The molecule has 0 fully saturated rings. The highest BCUT2D eigenvalue weighted by molar-refractivity contribution is 6.22. The summed E-state index contributed by atoms with van der Waals surface area (Å²) in [6, 6.07) is 55.6. The van der Waals surface area contributed by atoms with Crippen LogP contribution >= 0.6 is 0 Å². The summed E-state index contributed by atoms with van der Waals surface area (Å²) in [5.74, 6) is 0. The van der Waals surface area contributed by atoms with E-state index in [9.17, 15) is 0 Å². The Morgan fingerprint density at radius 3 is 1.48 bits per heavy atom. The maximum Gasteiger partial charge on any atom is 0.0159 e. The fourth-order valence-electron chi connectivity index (χ4n) is 9.86. The monoisotopic (exact) mass is 666 g/mol. The first-order valence-corrected chi connectivity index (χ1v) is 18.7. The van der Waals surface area contributed by atoms with Gasteiger partial charge in [0.1, 0.15) is 0 Å². The van der Waals surface area contributed by atoms with Crippen molar-refractivity contribution in [2.45, 2.75) is 52.4 Å². The molecule has 0 amide bonds. The molecule has 0 nitrogen and oxygen atoms in total. The Bertz CT molecular complexity index is 2780. The van der Waals surface area contributed by atoms with E-state index >= 15 is 0 Å². The fourth-order valence-corrected chi connectivity index (χ4v) is 9.86. The maximum absolute atomic E-state index is 2.48. The first kappa shape index (κ1) is 31.1. The molecule has 0 saturated heterocycles. The summed E-state index contributed by atoms with van der Waals surface area (Å²) in [6.45, 7) is 13.9. The number of fused-ring (bicyclic) bond motifs is 8. The van der Waals surface area contributed by atoms with Crippen molar-refractivity contribution in [3.63, 3.8) is 0 Å². The third-order valence-corrected chi connectivity index (χ3v) is 12.3. The zero-order chi connectivity index (χ0) is 35.5. The zero-order valence-corrected chi connectivity index (χ0v) is 30.9. The van der Waals surface area contributed by atoms with Crippen molar-refractivity contribution in [2.24, 2.45) is 0 Å². The average molecular weight is 667 g/mol. The molecule has 0 saturated carbocycles. The van der Waals surface area contributed by atoms with Crippen LogP contribution in [0, 0.1) is 13.8 Å². The van der Waals surface area contributed by atoms with Gasteiger partial charge in [0.25, 0.3) is 0 Å². The minimum Gasteiger partial charge on any atom is -0.0619 e. The summed E-state index contributed by atoms with van der Waals surface area (Å²) < 4.78 is 0. The molecule has 0 heterocycles.